The lowest BCUT2D eigenvalue weighted by atomic mass is 9.83. The third kappa shape index (κ3) is 3.70. The minimum absolute atomic E-state index is 0.0285. The van der Waals surface area contributed by atoms with Gasteiger partial charge in [-0.25, -0.2) is 4.39 Å². The third-order valence-electron chi connectivity index (χ3n) is 5.07. The van der Waals surface area contributed by atoms with Gasteiger partial charge in [-0.05, 0) is 35.9 Å². The van der Waals surface area contributed by atoms with Gasteiger partial charge in [0.15, 0.2) is 5.78 Å². The fraction of sp³-hybridized carbons (Fsp3) is 0.227. The minimum atomic E-state index is -0.330. The molecule has 0 unspecified atom stereocenters. The van der Waals surface area contributed by atoms with Crippen LogP contribution in [0.25, 0.3) is 11.5 Å². The monoisotopic (exact) mass is 409 g/mol. The lowest BCUT2D eigenvalue weighted by molar-refractivity contribution is -0.112. The Labute approximate surface area is 172 Å². The molecule has 5 nitrogen and oxygen atoms in total. The van der Waals surface area contributed by atoms with Crippen molar-refractivity contribution < 1.29 is 13.6 Å². The number of fused-ring (bicyclic) bond motifs is 1. The van der Waals surface area contributed by atoms with E-state index >= 15 is 0 Å². The van der Waals surface area contributed by atoms with Crippen LogP contribution in [-0.4, -0.2) is 28.8 Å². The number of allylic oxidation sites excluding steroid dienone is 2. The van der Waals surface area contributed by atoms with Crippen LogP contribution in [0.15, 0.2) is 69.9 Å². The maximum atomic E-state index is 13.0. The maximum Gasteiger partial charge on any atom is 0.277 e. The van der Waals surface area contributed by atoms with Crippen LogP contribution in [-0.2, 0) is 10.2 Å². The summed E-state index contributed by atoms with van der Waals surface area (Å²) in [7, 11) is 1.98. The highest BCUT2D eigenvalue weighted by atomic mass is 32.2. The average Bonchev–Trinajstić information content (AvgIpc) is 3.25. The molecule has 1 aliphatic heterocycles. The number of likely N-dealkylation sites (N-methyl/N-ethyl adjacent to an activating group) is 1. The van der Waals surface area contributed by atoms with Gasteiger partial charge in [-0.1, -0.05) is 43.8 Å². The molecular weight excluding hydrogens is 389 g/mol. The number of carbonyl (C=O) groups is 1. The number of carbonyl (C=O) groups excluding carboxylic acids is 1. The molecule has 4 rings (SSSR count). The summed E-state index contributed by atoms with van der Waals surface area (Å²) in [6.07, 6.45) is 1.70. The lowest BCUT2D eigenvalue weighted by Crippen LogP contribution is -2.24. The van der Waals surface area contributed by atoms with E-state index in [-0.39, 0.29) is 22.8 Å². The van der Waals surface area contributed by atoms with Crippen LogP contribution in [0, 0.1) is 5.82 Å². The smallest absolute Gasteiger partial charge is 0.277 e. The van der Waals surface area contributed by atoms with Gasteiger partial charge in [0.2, 0.25) is 5.89 Å². The Morgan fingerprint density at radius 2 is 1.90 bits per heavy atom. The second-order valence-electron chi connectivity index (χ2n) is 7.37. The Hall–Kier alpha value is -2.93. The van der Waals surface area contributed by atoms with Gasteiger partial charge >= 0.3 is 0 Å². The van der Waals surface area contributed by atoms with Gasteiger partial charge in [0, 0.05) is 35.5 Å². The summed E-state index contributed by atoms with van der Waals surface area (Å²) in [5.41, 5.74) is 3.67. The van der Waals surface area contributed by atoms with E-state index in [2.05, 4.69) is 41.1 Å². The van der Waals surface area contributed by atoms with Crippen molar-refractivity contribution in [1.82, 2.24) is 10.2 Å². The van der Waals surface area contributed by atoms with Crippen molar-refractivity contribution in [2.24, 2.45) is 0 Å². The Bertz CT molecular complexity index is 1090. The molecule has 0 saturated heterocycles. The first-order valence-electron chi connectivity index (χ1n) is 9.17. The van der Waals surface area contributed by atoms with Crippen LogP contribution in [0.2, 0.25) is 0 Å². The van der Waals surface area contributed by atoms with Crippen LogP contribution in [0.1, 0.15) is 19.4 Å². The van der Waals surface area contributed by atoms with E-state index in [1.807, 2.05) is 19.2 Å². The van der Waals surface area contributed by atoms with Crippen molar-refractivity contribution in [3.05, 3.63) is 71.7 Å². The molecule has 0 radical (unpaired) electrons. The molecule has 0 saturated carbocycles. The van der Waals surface area contributed by atoms with E-state index in [1.54, 1.807) is 18.2 Å². The zero-order chi connectivity index (χ0) is 20.6. The second-order valence-corrected chi connectivity index (χ2v) is 8.29. The van der Waals surface area contributed by atoms with Crippen molar-refractivity contribution in [1.29, 1.82) is 0 Å². The van der Waals surface area contributed by atoms with Crippen LogP contribution in [0.5, 0.6) is 0 Å². The number of rotatable bonds is 5. The van der Waals surface area contributed by atoms with Crippen molar-refractivity contribution in [2.45, 2.75) is 24.5 Å². The zero-order valence-electron chi connectivity index (χ0n) is 16.3. The van der Waals surface area contributed by atoms with Gasteiger partial charge in [0.05, 0.1) is 5.75 Å². The van der Waals surface area contributed by atoms with E-state index in [0.717, 1.165) is 11.4 Å². The Kier molecular flexibility index (Phi) is 5.00. The van der Waals surface area contributed by atoms with Crippen molar-refractivity contribution in [2.75, 3.05) is 17.7 Å². The molecular formula is C22H20FN3O2S. The lowest BCUT2D eigenvalue weighted by Gasteiger charge is -2.23. The molecule has 29 heavy (non-hydrogen) atoms. The summed E-state index contributed by atoms with van der Waals surface area (Å²) in [6.45, 7) is 4.24. The van der Waals surface area contributed by atoms with Crippen LogP contribution < -0.4 is 4.90 Å². The standard InChI is InChI=1S/C22H20FN3O2S/c1-22(2)17-6-4-5-7-18(17)26(3)19(22)12-16(27)13-29-21-25-24-20(28-21)14-8-10-15(23)11-9-14/h4-12H,13H2,1-3H3/b19-12-. The summed E-state index contributed by atoms with van der Waals surface area (Å²) >= 11 is 1.19. The molecule has 3 aromatic rings. The molecule has 0 aliphatic carbocycles. The van der Waals surface area contributed by atoms with Crippen molar-refractivity contribution in [3.8, 4) is 11.5 Å². The molecule has 0 spiro atoms. The van der Waals surface area contributed by atoms with Gasteiger partial charge in [-0.15, -0.1) is 10.2 Å². The van der Waals surface area contributed by atoms with Crippen LogP contribution in [0.3, 0.4) is 0 Å². The molecule has 7 heteroatoms. The van der Waals surface area contributed by atoms with E-state index in [0.29, 0.717) is 16.7 Å². The number of thioether (sulfide) groups is 1. The van der Waals surface area contributed by atoms with Crippen molar-refractivity contribution in [3.63, 3.8) is 0 Å². The largest absolute Gasteiger partial charge is 0.411 e. The van der Waals surface area contributed by atoms with E-state index in [4.69, 9.17) is 4.42 Å². The topological polar surface area (TPSA) is 59.2 Å². The summed E-state index contributed by atoms with van der Waals surface area (Å²) in [5.74, 6) is 0.127. The molecule has 2 heterocycles. The highest BCUT2D eigenvalue weighted by molar-refractivity contribution is 7.99. The number of hydrogen-bond acceptors (Lipinski definition) is 6. The maximum absolute atomic E-state index is 13.0. The van der Waals surface area contributed by atoms with E-state index in [9.17, 15) is 9.18 Å². The third-order valence-corrected chi connectivity index (χ3v) is 5.91. The first-order chi connectivity index (χ1) is 13.9. The first-order valence-corrected chi connectivity index (χ1v) is 10.2. The van der Waals surface area contributed by atoms with Crippen LogP contribution >= 0.6 is 11.8 Å². The predicted molar refractivity (Wildman–Crippen MR) is 111 cm³/mol. The minimum Gasteiger partial charge on any atom is -0.411 e. The number of nitrogens with zero attached hydrogens (tertiary/aromatic N) is 3. The molecule has 0 amide bonds. The van der Waals surface area contributed by atoms with Gasteiger partial charge in [0.25, 0.3) is 5.22 Å². The highest BCUT2D eigenvalue weighted by Gasteiger charge is 2.38. The number of benzene rings is 2. The van der Waals surface area contributed by atoms with Gasteiger partial charge in [-0.2, -0.15) is 0 Å². The Balaban J connectivity index is 1.45. The Morgan fingerprint density at radius 3 is 2.62 bits per heavy atom. The molecule has 1 aliphatic rings. The van der Waals surface area contributed by atoms with Crippen LogP contribution in [0.4, 0.5) is 10.1 Å². The Morgan fingerprint density at radius 1 is 1.17 bits per heavy atom. The SMILES string of the molecule is CN1/C(=C\C(=O)CSc2nnc(-c3ccc(F)cc3)o2)C(C)(C)c2ccccc21. The van der Waals surface area contributed by atoms with Crippen molar-refractivity contribution >= 4 is 23.2 Å². The fourth-order valence-corrected chi connectivity index (χ4v) is 4.15. The number of halogens is 1. The fourth-order valence-electron chi connectivity index (χ4n) is 3.56. The summed E-state index contributed by atoms with van der Waals surface area (Å²) in [4.78, 5) is 14.7. The number of ketones is 1. The van der Waals surface area contributed by atoms with E-state index < -0.39 is 0 Å². The number of hydrogen-bond donors (Lipinski definition) is 0. The number of para-hydroxylation sites is 1. The van der Waals surface area contributed by atoms with E-state index in [1.165, 1.54) is 29.5 Å². The molecule has 0 atom stereocenters. The quantitative estimate of drug-likeness (QED) is 0.444. The first kappa shape index (κ1) is 19.4. The molecule has 0 N–H and O–H groups in total. The normalized spacial score (nSPS) is 16.3. The summed E-state index contributed by atoms with van der Waals surface area (Å²) in [5, 5.41) is 8.23. The zero-order valence-corrected chi connectivity index (χ0v) is 17.2. The van der Waals surface area contributed by atoms with Gasteiger partial charge in [-0.3, -0.25) is 4.79 Å². The second kappa shape index (κ2) is 7.48. The van der Waals surface area contributed by atoms with Gasteiger partial charge in [0.1, 0.15) is 5.82 Å². The number of aromatic nitrogens is 2. The number of anilines is 1. The van der Waals surface area contributed by atoms with Gasteiger partial charge < -0.3 is 9.32 Å². The predicted octanol–water partition coefficient (Wildman–Crippen LogP) is 4.85. The molecule has 0 fully saturated rings. The highest BCUT2D eigenvalue weighted by Crippen LogP contribution is 2.46. The molecule has 2 aromatic carbocycles. The average molecular weight is 409 g/mol. The summed E-state index contributed by atoms with van der Waals surface area (Å²) in [6, 6.07) is 14.0. The molecule has 0 bridgehead atoms. The molecule has 1 aromatic heterocycles. The molecule has 148 valence electrons. The summed E-state index contributed by atoms with van der Waals surface area (Å²) < 4.78 is 18.6.